The first-order chi connectivity index (χ1) is 13.7. The van der Waals surface area contributed by atoms with E-state index in [1.54, 1.807) is 20.8 Å². The molecule has 0 bridgehead atoms. The van der Waals surface area contributed by atoms with Gasteiger partial charge in [-0.15, -0.1) is 0 Å². The molecule has 1 saturated heterocycles. The SMILES string of the molecule is CC(C)(O)[C@@H]1CC[C@@]2(C)[C@H](O[C@@H]3O[C@H](CO)[C@@H](O)[C@H](O)[C@H]3O)C[C@H](O)[C@@](C)(O)[C@@H]2C1. The topological polar surface area (TPSA) is 160 Å². The van der Waals surface area contributed by atoms with Crippen LogP contribution in [0.3, 0.4) is 0 Å². The van der Waals surface area contributed by atoms with Crippen molar-refractivity contribution in [3.05, 3.63) is 0 Å². The van der Waals surface area contributed by atoms with E-state index in [2.05, 4.69) is 0 Å². The minimum atomic E-state index is -1.55. The van der Waals surface area contributed by atoms with E-state index < -0.39 is 66.1 Å². The van der Waals surface area contributed by atoms with E-state index in [1.165, 1.54) is 0 Å². The van der Waals surface area contributed by atoms with Crippen LogP contribution in [0.15, 0.2) is 0 Å². The molecule has 0 aromatic rings. The quantitative estimate of drug-likeness (QED) is 0.291. The summed E-state index contributed by atoms with van der Waals surface area (Å²) in [6.45, 7) is 6.51. The van der Waals surface area contributed by atoms with Crippen molar-refractivity contribution in [3.8, 4) is 0 Å². The van der Waals surface area contributed by atoms with Crippen LogP contribution in [0.4, 0.5) is 0 Å². The summed E-state index contributed by atoms with van der Waals surface area (Å²) in [5, 5.41) is 72.2. The molecule has 0 amide bonds. The summed E-state index contributed by atoms with van der Waals surface area (Å²) in [5.41, 5.74) is -2.88. The standard InChI is InChI=1S/C21H38O9/c1-19(2,27)10-5-6-20(3)12(7-10)21(4,28)13(23)8-14(20)30-18-17(26)16(25)15(24)11(9-22)29-18/h10-18,22-28H,5-9H2,1-4H3/t10-,11-,12-,13+,14-,15-,16+,17-,18+,20-,21+/m1/s1. The third kappa shape index (κ3) is 4.04. The average Bonchev–Trinajstić information content (AvgIpc) is 2.65. The van der Waals surface area contributed by atoms with Gasteiger partial charge in [0, 0.05) is 6.42 Å². The van der Waals surface area contributed by atoms with Crippen LogP contribution in [0.2, 0.25) is 0 Å². The molecule has 0 unspecified atom stereocenters. The number of hydrogen-bond acceptors (Lipinski definition) is 9. The van der Waals surface area contributed by atoms with E-state index in [0.717, 1.165) is 0 Å². The van der Waals surface area contributed by atoms with E-state index in [-0.39, 0.29) is 18.3 Å². The summed E-state index contributed by atoms with van der Waals surface area (Å²) in [7, 11) is 0. The van der Waals surface area contributed by atoms with Gasteiger partial charge in [0.2, 0.25) is 0 Å². The number of aliphatic hydroxyl groups excluding tert-OH is 5. The number of rotatable bonds is 4. The number of fused-ring (bicyclic) bond motifs is 1. The fourth-order valence-electron chi connectivity index (χ4n) is 5.76. The largest absolute Gasteiger partial charge is 0.394 e. The van der Waals surface area contributed by atoms with Crippen molar-refractivity contribution in [1.82, 2.24) is 0 Å². The van der Waals surface area contributed by atoms with Crippen molar-refractivity contribution in [2.24, 2.45) is 17.3 Å². The second-order valence-electron chi connectivity index (χ2n) is 10.5. The Labute approximate surface area is 177 Å². The van der Waals surface area contributed by atoms with Crippen LogP contribution < -0.4 is 0 Å². The lowest BCUT2D eigenvalue weighted by atomic mass is 9.50. The second kappa shape index (κ2) is 8.20. The third-order valence-corrected chi connectivity index (χ3v) is 8.05. The molecule has 2 saturated carbocycles. The maximum atomic E-state index is 11.1. The highest BCUT2D eigenvalue weighted by Gasteiger charge is 2.61. The molecule has 0 radical (unpaired) electrons. The minimum absolute atomic E-state index is 0.0553. The van der Waals surface area contributed by atoms with Crippen LogP contribution in [0, 0.1) is 17.3 Å². The zero-order chi connectivity index (χ0) is 22.6. The first-order valence-corrected chi connectivity index (χ1v) is 10.8. The Morgan fingerprint density at radius 2 is 1.67 bits per heavy atom. The Morgan fingerprint density at radius 1 is 1.03 bits per heavy atom. The lowest BCUT2D eigenvalue weighted by molar-refractivity contribution is -0.338. The van der Waals surface area contributed by atoms with Gasteiger partial charge in [0.05, 0.1) is 30.0 Å². The molecule has 7 N–H and O–H groups in total. The van der Waals surface area contributed by atoms with Gasteiger partial charge in [0.25, 0.3) is 0 Å². The molecule has 3 fully saturated rings. The zero-order valence-electron chi connectivity index (χ0n) is 18.2. The van der Waals surface area contributed by atoms with Gasteiger partial charge in [-0.25, -0.2) is 0 Å². The molecule has 1 aliphatic heterocycles. The summed E-state index contributed by atoms with van der Waals surface area (Å²) in [5.74, 6) is -0.436. The van der Waals surface area contributed by atoms with Crippen molar-refractivity contribution in [2.45, 2.75) is 107 Å². The smallest absolute Gasteiger partial charge is 0.186 e. The van der Waals surface area contributed by atoms with Crippen molar-refractivity contribution in [2.75, 3.05) is 6.61 Å². The van der Waals surface area contributed by atoms with Crippen LogP contribution in [0.25, 0.3) is 0 Å². The van der Waals surface area contributed by atoms with Gasteiger partial charge in [0.15, 0.2) is 6.29 Å². The van der Waals surface area contributed by atoms with Gasteiger partial charge in [-0.2, -0.15) is 0 Å². The molecule has 0 aromatic carbocycles. The van der Waals surface area contributed by atoms with Crippen LogP contribution in [-0.2, 0) is 9.47 Å². The first-order valence-electron chi connectivity index (χ1n) is 10.8. The van der Waals surface area contributed by atoms with Gasteiger partial charge in [-0.1, -0.05) is 6.92 Å². The highest BCUT2D eigenvalue weighted by Crippen LogP contribution is 2.58. The molecular weight excluding hydrogens is 396 g/mol. The number of ether oxygens (including phenoxy) is 2. The molecule has 9 heteroatoms. The van der Waals surface area contributed by atoms with Crippen molar-refractivity contribution >= 4 is 0 Å². The van der Waals surface area contributed by atoms with Crippen molar-refractivity contribution in [1.29, 1.82) is 0 Å². The van der Waals surface area contributed by atoms with Crippen LogP contribution >= 0.6 is 0 Å². The molecule has 2 aliphatic carbocycles. The summed E-state index contributed by atoms with van der Waals surface area (Å²) in [6, 6.07) is 0. The number of hydrogen-bond donors (Lipinski definition) is 7. The molecule has 30 heavy (non-hydrogen) atoms. The van der Waals surface area contributed by atoms with E-state index in [1.807, 2.05) is 6.92 Å². The summed E-state index contributed by atoms with van der Waals surface area (Å²) in [4.78, 5) is 0. The fraction of sp³-hybridized carbons (Fsp3) is 1.00. The molecule has 176 valence electrons. The molecule has 3 rings (SSSR count). The van der Waals surface area contributed by atoms with Gasteiger partial charge < -0.3 is 45.2 Å². The molecule has 0 spiro atoms. The van der Waals surface area contributed by atoms with Crippen molar-refractivity contribution in [3.63, 3.8) is 0 Å². The van der Waals surface area contributed by atoms with Gasteiger partial charge >= 0.3 is 0 Å². The molecule has 3 aliphatic rings. The Morgan fingerprint density at radius 3 is 2.23 bits per heavy atom. The zero-order valence-corrected chi connectivity index (χ0v) is 18.2. The van der Waals surface area contributed by atoms with Crippen LogP contribution in [-0.4, -0.2) is 96.5 Å². The van der Waals surface area contributed by atoms with Crippen molar-refractivity contribution < 1.29 is 45.2 Å². The fourth-order valence-corrected chi connectivity index (χ4v) is 5.76. The normalized spacial score (nSPS) is 52.7. The van der Waals surface area contributed by atoms with E-state index in [9.17, 15) is 35.7 Å². The highest BCUT2D eigenvalue weighted by molar-refractivity contribution is 5.10. The summed E-state index contributed by atoms with van der Waals surface area (Å²) >= 11 is 0. The van der Waals surface area contributed by atoms with E-state index in [4.69, 9.17) is 9.47 Å². The second-order valence-corrected chi connectivity index (χ2v) is 10.5. The molecular formula is C21H38O9. The lowest BCUT2D eigenvalue weighted by Gasteiger charge is -2.60. The number of aliphatic hydroxyl groups is 7. The average molecular weight is 435 g/mol. The van der Waals surface area contributed by atoms with E-state index in [0.29, 0.717) is 19.3 Å². The van der Waals surface area contributed by atoms with Gasteiger partial charge in [-0.05, 0) is 57.3 Å². The maximum absolute atomic E-state index is 11.1. The monoisotopic (exact) mass is 434 g/mol. The van der Waals surface area contributed by atoms with Gasteiger partial charge in [-0.3, -0.25) is 0 Å². The Balaban J connectivity index is 1.85. The molecule has 0 aromatic heterocycles. The Kier molecular flexibility index (Phi) is 6.64. The highest BCUT2D eigenvalue weighted by atomic mass is 16.7. The Hall–Kier alpha value is -0.360. The van der Waals surface area contributed by atoms with E-state index >= 15 is 0 Å². The maximum Gasteiger partial charge on any atom is 0.186 e. The molecule has 1 heterocycles. The summed E-state index contributed by atoms with van der Waals surface area (Å²) in [6.07, 6.45) is -6.72. The first kappa shape index (κ1) is 24.3. The van der Waals surface area contributed by atoms with Crippen LogP contribution in [0.1, 0.15) is 53.4 Å². The molecule has 11 atom stereocenters. The Bertz CT molecular complexity index is 604. The predicted molar refractivity (Wildman–Crippen MR) is 105 cm³/mol. The summed E-state index contributed by atoms with van der Waals surface area (Å²) < 4.78 is 11.6. The van der Waals surface area contributed by atoms with Crippen LogP contribution in [0.5, 0.6) is 0 Å². The lowest BCUT2D eigenvalue weighted by Crippen LogP contribution is -2.66. The predicted octanol–water partition coefficient (Wildman–Crippen LogP) is -1.12. The third-order valence-electron chi connectivity index (χ3n) is 8.05. The minimum Gasteiger partial charge on any atom is -0.394 e. The molecule has 9 nitrogen and oxygen atoms in total. The van der Waals surface area contributed by atoms with Gasteiger partial charge in [0.1, 0.15) is 24.4 Å².